The summed E-state index contributed by atoms with van der Waals surface area (Å²) in [6.07, 6.45) is 6.44. The molecule has 0 unspecified atom stereocenters. The molecule has 1 aromatic heterocycles. The number of nitrogens with one attached hydrogen (secondary N) is 1. The number of ether oxygens (including phenoxy) is 1. The Bertz CT molecular complexity index is 829. The van der Waals surface area contributed by atoms with Crippen LogP contribution in [0, 0.1) is 0 Å². The van der Waals surface area contributed by atoms with Crippen LogP contribution in [0.4, 0.5) is 10.5 Å². The highest BCUT2D eigenvalue weighted by Gasteiger charge is 2.23. The summed E-state index contributed by atoms with van der Waals surface area (Å²) in [6.45, 7) is 4.14. The Morgan fingerprint density at radius 3 is 2.83 bits per heavy atom. The lowest BCUT2D eigenvalue weighted by Gasteiger charge is -2.25. The molecule has 1 aliphatic heterocycles. The van der Waals surface area contributed by atoms with Crippen molar-refractivity contribution >= 4 is 40.9 Å². The van der Waals surface area contributed by atoms with Gasteiger partial charge in [-0.05, 0) is 44.2 Å². The molecular formula is C21H31N5O3S. The van der Waals surface area contributed by atoms with Gasteiger partial charge in [0.05, 0.1) is 10.6 Å². The quantitative estimate of drug-likeness (QED) is 0.517. The molecule has 1 saturated carbocycles. The van der Waals surface area contributed by atoms with Crippen LogP contribution in [-0.2, 0) is 16.1 Å². The number of carbonyl (C=O) groups excluding carboxylic acids is 2. The van der Waals surface area contributed by atoms with E-state index in [1.54, 1.807) is 0 Å². The Morgan fingerprint density at radius 1 is 1.37 bits per heavy atom. The Hall–Kier alpha value is -2.39. The van der Waals surface area contributed by atoms with Crippen LogP contribution in [0.2, 0.25) is 0 Å². The molecule has 0 bridgehead atoms. The molecule has 0 radical (unpaired) electrons. The zero-order chi connectivity index (χ0) is 21.5. The molecule has 2 aliphatic rings. The summed E-state index contributed by atoms with van der Waals surface area (Å²) in [5, 5.41) is 2.77. The van der Waals surface area contributed by atoms with E-state index in [4.69, 9.17) is 16.2 Å². The van der Waals surface area contributed by atoms with Crippen LogP contribution in [0.3, 0.4) is 0 Å². The van der Waals surface area contributed by atoms with E-state index in [9.17, 15) is 9.59 Å². The van der Waals surface area contributed by atoms with Gasteiger partial charge in [-0.2, -0.15) is 0 Å². The first-order valence-electron chi connectivity index (χ1n) is 10.6. The summed E-state index contributed by atoms with van der Waals surface area (Å²) in [4.78, 5) is 33.1. The van der Waals surface area contributed by atoms with E-state index >= 15 is 0 Å². The molecule has 164 valence electrons. The Morgan fingerprint density at radius 2 is 2.17 bits per heavy atom. The number of aliphatic imine (C=N–C) groups is 1. The van der Waals surface area contributed by atoms with E-state index in [0.29, 0.717) is 50.4 Å². The van der Waals surface area contributed by atoms with Crippen molar-refractivity contribution in [3.05, 3.63) is 21.4 Å². The number of carbonyl (C=O) groups is 2. The Kier molecular flexibility index (Phi) is 7.87. The van der Waals surface area contributed by atoms with Crippen LogP contribution in [0.1, 0.15) is 55.2 Å². The highest BCUT2D eigenvalue weighted by atomic mass is 32.1. The minimum Gasteiger partial charge on any atom is -0.446 e. The molecule has 1 fully saturated rings. The number of rotatable bonds is 9. The third kappa shape index (κ3) is 5.82. The molecule has 2 amide bonds. The van der Waals surface area contributed by atoms with E-state index < -0.39 is 0 Å². The summed E-state index contributed by atoms with van der Waals surface area (Å²) in [5.74, 6) is 0.383. The topological polar surface area (TPSA) is 123 Å². The van der Waals surface area contributed by atoms with E-state index in [-0.39, 0.29) is 18.1 Å². The normalized spacial score (nSPS) is 15.9. The van der Waals surface area contributed by atoms with Gasteiger partial charge in [0.25, 0.3) is 0 Å². The van der Waals surface area contributed by atoms with Gasteiger partial charge in [0.2, 0.25) is 5.91 Å². The molecule has 2 heterocycles. The van der Waals surface area contributed by atoms with Gasteiger partial charge < -0.3 is 26.4 Å². The van der Waals surface area contributed by atoms with Crippen LogP contribution in [0.15, 0.2) is 16.6 Å². The predicted molar refractivity (Wildman–Crippen MR) is 120 cm³/mol. The lowest BCUT2D eigenvalue weighted by molar-refractivity contribution is -0.127. The second kappa shape index (κ2) is 10.6. The van der Waals surface area contributed by atoms with Crippen LogP contribution >= 0.6 is 11.3 Å². The Balaban J connectivity index is 1.58. The van der Waals surface area contributed by atoms with Crippen molar-refractivity contribution in [2.45, 2.75) is 58.1 Å². The van der Waals surface area contributed by atoms with Gasteiger partial charge in [-0.25, -0.2) is 9.79 Å². The van der Waals surface area contributed by atoms with Crippen molar-refractivity contribution in [3.8, 4) is 0 Å². The van der Waals surface area contributed by atoms with Crippen molar-refractivity contribution in [2.75, 3.05) is 19.6 Å². The van der Waals surface area contributed by atoms with Gasteiger partial charge in [0.1, 0.15) is 11.9 Å². The Labute approximate surface area is 181 Å². The van der Waals surface area contributed by atoms with Gasteiger partial charge in [0, 0.05) is 43.1 Å². The summed E-state index contributed by atoms with van der Waals surface area (Å²) in [6, 6.07) is 1.93. The van der Waals surface area contributed by atoms with E-state index in [1.807, 2.05) is 24.0 Å². The van der Waals surface area contributed by atoms with Gasteiger partial charge >= 0.3 is 6.09 Å². The SMILES string of the molecule is CCCN(CCCNC(=O)OC1CCC1)C(=O)C1=Cc2sc(CN)cc2N=C(N)C1. The van der Waals surface area contributed by atoms with E-state index in [1.165, 1.54) is 11.3 Å². The molecule has 5 N–H and O–H groups in total. The maximum Gasteiger partial charge on any atom is 0.407 e. The van der Waals surface area contributed by atoms with Crippen molar-refractivity contribution in [3.63, 3.8) is 0 Å². The summed E-state index contributed by atoms with van der Waals surface area (Å²) >= 11 is 1.54. The van der Waals surface area contributed by atoms with Gasteiger partial charge in [-0.3, -0.25) is 4.79 Å². The van der Waals surface area contributed by atoms with Crippen LogP contribution in [0.5, 0.6) is 0 Å². The first-order valence-corrected chi connectivity index (χ1v) is 11.4. The number of amidine groups is 1. The number of fused-ring (bicyclic) bond motifs is 1. The van der Waals surface area contributed by atoms with Crippen LogP contribution in [-0.4, -0.2) is 48.5 Å². The number of alkyl carbamates (subject to hydrolysis) is 1. The number of hydrogen-bond acceptors (Lipinski definition) is 7. The van der Waals surface area contributed by atoms with E-state index in [2.05, 4.69) is 10.3 Å². The molecule has 3 rings (SSSR count). The van der Waals surface area contributed by atoms with Crippen LogP contribution < -0.4 is 16.8 Å². The molecule has 1 aromatic rings. The standard InChI is InChI=1S/C21H31N5O3S/c1-2-8-26(9-4-7-24-21(28)29-15-5-3-6-15)20(27)14-10-18-17(25-19(23)11-14)12-16(13-22)30-18/h10,12,15H,2-9,11,13,22H2,1H3,(H2,23,25)(H,24,28). The van der Waals surface area contributed by atoms with Crippen LogP contribution in [0.25, 0.3) is 6.08 Å². The number of hydrogen-bond donors (Lipinski definition) is 3. The highest BCUT2D eigenvalue weighted by Crippen LogP contribution is 2.34. The second-order valence-electron chi connectivity index (χ2n) is 7.65. The summed E-state index contributed by atoms with van der Waals surface area (Å²) < 4.78 is 5.28. The van der Waals surface area contributed by atoms with Gasteiger partial charge in [0.15, 0.2) is 0 Å². The number of thiophene rings is 1. The lowest BCUT2D eigenvalue weighted by atomic mass is 9.96. The predicted octanol–water partition coefficient (Wildman–Crippen LogP) is 2.89. The minimum atomic E-state index is -0.371. The first-order chi connectivity index (χ1) is 14.5. The monoisotopic (exact) mass is 433 g/mol. The highest BCUT2D eigenvalue weighted by molar-refractivity contribution is 7.13. The number of amides is 2. The molecule has 9 heteroatoms. The number of nitrogens with two attached hydrogens (primary N) is 2. The number of nitrogens with zero attached hydrogens (tertiary/aromatic N) is 2. The maximum absolute atomic E-state index is 13.2. The first kappa shape index (κ1) is 22.3. The molecular weight excluding hydrogens is 402 g/mol. The van der Waals surface area contributed by atoms with Gasteiger partial charge in [-0.15, -0.1) is 11.3 Å². The fourth-order valence-corrected chi connectivity index (χ4v) is 4.35. The molecule has 0 atom stereocenters. The maximum atomic E-state index is 13.2. The largest absolute Gasteiger partial charge is 0.446 e. The van der Waals surface area contributed by atoms with Crippen molar-refractivity contribution in [2.24, 2.45) is 16.5 Å². The van der Waals surface area contributed by atoms with Crippen molar-refractivity contribution < 1.29 is 14.3 Å². The van der Waals surface area contributed by atoms with Crippen molar-refractivity contribution in [1.82, 2.24) is 10.2 Å². The van der Waals surface area contributed by atoms with E-state index in [0.717, 1.165) is 41.1 Å². The van der Waals surface area contributed by atoms with Gasteiger partial charge in [-0.1, -0.05) is 6.92 Å². The smallest absolute Gasteiger partial charge is 0.407 e. The minimum absolute atomic E-state index is 0.0393. The molecule has 1 aliphatic carbocycles. The zero-order valence-corrected chi connectivity index (χ0v) is 18.3. The molecule has 8 nitrogen and oxygen atoms in total. The lowest BCUT2D eigenvalue weighted by Crippen LogP contribution is -2.37. The molecule has 0 saturated heterocycles. The third-order valence-corrected chi connectivity index (χ3v) is 6.28. The molecule has 0 spiro atoms. The summed E-state index contributed by atoms with van der Waals surface area (Å²) in [7, 11) is 0. The molecule has 0 aromatic carbocycles. The average Bonchev–Trinajstić information content (AvgIpc) is 3.00. The zero-order valence-electron chi connectivity index (χ0n) is 17.5. The molecule has 30 heavy (non-hydrogen) atoms. The second-order valence-corrected chi connectivity index (χ2v) is 8.81. The average molecular weight is 434 g/mol. The fraction of sp³-hybridized carbons (Fsp3) is 0.571. The fourth-order valence-electron chi connectivity index (χ4n) is 3.40. The summed E-state index contributed by atoms with van der Waals surface area (Å²) in [5.41, 5.74) is 13.2. The van der Waals surface area contributed by atoms with Crippen molar-refractivity contribution in [1.29, 1.82) is 0 Å². The third-order valence-electron chi connectivity index (χ3n) is 5.19.